The van der Waals surface area contributed by atoms with Gasteiger partial charge in [-0.2, -0.15) is 5.10 Å². The molecule has 2 aromatic heterocycles. The van der Waals surface area contributed by atoms with Crippen LogP contribution in [0, 0.1) is 6.92 Å². The van der Waals surface area contributed by atoms with Gasteiger partial charge >= 0.3 is 0 Å². The van der Waals surface area contributed by atoms with E-state index in [1.165, 1.54) is 5.56 Å². The van der Waals surface area contributed by atoms with Crippen molar-refractivity contribution in [3.63, 3.8) is 0 Å². The minimum absolute atomic E-state index is 0.371. The van der Waals surface area contributed by atoms with E-state index in [-0.39, 0.29) is 0 Å². The van der Waals surface area contributed by atoms with Crippen molar-refractivity contribution in [3.05, 3.63) is 41.5 Å². The molecule has 0 atom stereocenters. The lowest BCUT2D eigenvalue weighted by molar-refractivity contribution is 0.415. The Morgan fingerprint density at radius 3 is 2.76 bits per heavy atom. The zero-order valence-electron chi connectivity index (χ0n) is 12.3. The first kappa shape index (κ1) is 13.9. The second-order valence-corrected chi connectivity index (χ2v) is 5.25. The maximum absolute atomic E-state index is 6.05. The molecule has 2 heterocycles. The Morgan fingerprint density at radius 2 is 2.14 bits per heavy atom. The van der Waals surface area contributed by atoms with Crippen LogP contribution in [0.5, 0.6) is 5.75 Å². The first-order valence-electron chi connectivity index (χ1n) is 6.70. The van der Waals surface area contributed by atoms with Gasteiger partial charge in [0, 0.05) is 24.4 Å². The van der Waals surface area contributed by atoms with E-state index in [2.05, 4.69) is 21.6 Å². The summed E-state index contributed by atoms with van der Waals surface area (Å²) in [5.41, 5.74) is 4.26. The fourth-order valence-corrected chi connectivity index (χ4v) is 2.64. The van der Waals surface area contributed by atoms with Crippen LogP contribution in [0.3, 0.4) is 0 Å². The van der Waals surface area contributed by atoms with Crippen molar-refractivity contribution in [1.29, 1.82) is 0 Å². The number of hydrogen-bond donors (Lipinski definition) is 0. The quantitative estimate of drug-likeness (QED) is 0.696. The summed E-state index contributed by atoms with van der Waals surface area (Å²) < 4.78 is 9.25. The average molecular weight is 305 g/mol. The van der Waals surface area contributed by atoms with Gasteiger partial charge in [0.05, 0.1) is 36.8 Å². The summed E-state index contributed by atoms with van der Waals surface area (Å²) in [6.45, 7) is 2.77. The number of alkyl halides is 1. The first-order valence-corrected chi connectivity index (χ1v) is 7.24. The van der Waals surface area contributed by atoms with Crippen molar-refractivity contribution >= 4 is 22.6 Å². The molecule has 0 amide bonds. The van der Waals surface area contributed by atoms with Crippen molar-refractivity contribution in [1.82, 2.24) is 19.3 Å². The molecule has 0 N–H and O–H groups in total. The van der Waals surface area contributed by atoms with Gasteiger partial charge in [0.15, 0.2) is 0 Å². The van der Waals surface area contributed by atoms with Crippen LogP contribution in [-0.4, -0.2) is 26.4 Å². The second-order valence-electron chi connectivity index (χ2n) is 4.98. The van der Waals surface area contributed by atoms with Gasteiger partial charge in [-0.25, -0.2) is 4.98 Å². The summed E-state index contributed by atoms with van der Waals surface area (Å²) in [7, 11) is 3.60. The highest BCUT2D eigenvalue weighted by Crippen LogP contribution is 2.24. The molecule has 5 nitrogen and oxygen atoms in total. The Bertz CT molecular complexity index is 790. The molecule has 1 aromatic carbocycles. The van der Waals surface area contributed by atoms with E-state index in [1.54, 1.807) is 7.11 Å². The molecule has 0 saturated heterocycles. The standard InChI is InChI=1S/C15H17ClN4O/c1-10-11(8-17-19(10)2)9-20-14-5-4-12(21-3)6-13(14)18-15(20)7-16/h4-6,8H,7,9H2,1-3H3. The van der Waals surface area contributed by atoms with E-state index in [9.17, 15) is 0 Å². The molecule has 3 aromatic rings. The van der Waals surface area contributed by atoms with Gasteiger partial charge < -0.3 is 9.30 Å². The molecule has 0 unspecified atom stereocenters. The third kappa shape index (κ3) is 2.38. The normalized spacial score (nSPS) is 11.2. The van der Waals surface area contributed by atoms with Gasteiger partial charge in [0.2, 0.25) is 0 Å². The Labute approximate surface area is 128 Å². The molecule has 6 heteroatoms. The largest absolute Gasteiger partial charge is 0.497 e. The van der Waals surface area contributed by atoms with Crippen LogP contribution in [0.15, 0.2) is 24.4 Å². The Balaban J connectivity index is 2.10. The van der Waals surface area contributed by atoms with Crippen LogP contribution in [0.1, 0.15) is 17.1 Å². The zero-order valence-corrected chi connectivity index (χ0v) is 13.1. The van der Waals surface area contributed by atoms with Gasteiger partial charge in [-0.15, -0.1) is 11.6 Å². The fraction of sp³-hybridized carbons (Fsp3) is 0.333. The van der Waals surface area contributed by atoms with Crippen LogP contribution in [0.25, 0.3) is 11.0 Å². The van der Waals surface area contributed by atoms with Crippen molar-refractivity contribution in [3.8, 4) is 5.75 Å². The molecule has 0 bridgehead atoms. The summed E-state index contributed by atoms with van der Waals surface area (Å²) >= 11 is 6.05. The van der Waals surface area contributed by atoms with Crippen molar-refractivity contribution in [2.75, 3.05) is 7.11 Å². The zero-order chi connectivity index (χ0) is 15.0. The van der Waals surface area contributed by atoms with Gasteiger partial charge in [-0.3, -0.25) is 4.68 Å². The fourth-order valence-electron chi connectivity index (χ4n) is 2.43. The smallest absolute Gasteiger partial charge is 0.125 e. The number of aryl methyl sites for hydroxylation is 1. The van der Waals surface area contributed by atoms with Gasteiger partial charge in [-0.1, -0.05) is 0 Å². The van der Waals surface area contributed by atoms with E-state index in [4.69, 9.17) is 16.3 Å². The van der Waals surface area contributed by atoms with Crippen LogP contribution in [0.2, 0.25) is 0 Å². The van der Waals surface area contributed by atoms with Crippen LogP contribution in [-0.2, 0) is 19.5 Å². The van der Waals surface area contributed by atoms with Crippen LogP contribution < -0.4 is 4.74 Å². The third-order valence-corrected chi connectivity index (χ3v) is 4.06. The van der Waals surface area contributed by atoms with Gasteiger partial charge in [0.1, 0.15) is 11.6 Å². The number of imidazole rings is 1. The maximum atomic E-state index is 6.05. The van der Waals surface area contributed by atoms with Crippen molar-refractivity contribution in [2.24, 2.45) is 7.05 Å². The number of methoxy groups -OCH3 is 1. The lowest BCUT2D eigenvalue weighted by Gasteiger charge is -2.08. The van der Waals surface area contributed by atoms with E-state index < -0.39 is 0 Å². The summed E-state index contributed by atoms with van der Waals surface area (Å²) in [5.74, 6) is 2.02. The SMILES string of the molecule is COc1ccc2c(c1)nc(CCl)n2Cc1cnn(C)c1C. The molecule has 110 valence electrons. The predicted molar refractivity (Wildman–Crippen MR) is 82.9 cm³/mol. The molecular weight excluding hydrogens is 288 g/mol. The number of nitrogens with zero attached hydrogens (tertiary/aromatic N) is 4. The monoisotopic (exact) mass is 304 g/mol. The molecule has 0 aliphatic rings. The molecular formula is C15H17ClN4O. The highest BCUT2D eigenvalue weighted by Gasteiger charge is 2.13. The van der Waals surface area contributed by atoms with E-state index in [0.717, 1.165) is 28.3 Å². The topological polar surface area (TPSA) is 44.9 Å². The number of fused-ring (bicyclic) bond motifs is 1. The summed E-state index contributed by atoms with van der Waals surface area (Å²) in [4.78, 5) is 4.60. The lowest BCUT2D eigenvalue weighted by Crippen LogP contribution is -2.05. The van der Waals surface area contributed by atoms with Gasteiger partial charge in [0.25, 0.3) is 0 Å². The molecule has 0 radical (unpaired) electrons. The van der Waals surface area contributed by atoms with Crippen molar-refractivity contribution < 1.29 is 4.74 Å². The van der Waals surface area contributed by atoms with Crippen molar-refractivity contribution in [2.45, 2.75) is 19.3 Å². The number of aromatic nitrogens is 4. The van der Waals surface area contributed by atoms with Crippen LogP contribution in [0.4, 0.5) is 0 Å². The summed E-state index contributed by atoms with van der Waals surface area (Å²) in [6.07, 6.45) is 1.89. The molecule has 3 rings (SSSR count). The lowest BCUT2D eigenvalue weighted by atomic mass is 10.2. The highest BCUT2D eigenvalue weighted by molar-refractivity contribution is 6.16. The molecule has 0 spiro atoms. The number of halogens is 1. The molecule has 0 aliphatic carbocycles. The van der Waals surface area contributed by atoms with Gasteiger partial charge in [-0.05, 0) is 19.1 Å². The Morgan fingerprint density at radius 1 is 1.33 bits per heavy atom. The molecule has 0 aliphatic heterocycles. The number of benzene rings is 1. The molecule has 0 saturated carbocycles. The minimum atomic E-state index is 0.371. The van der Waals surface area contributed by atoms with E-state index in [0.29, 0.717) is 12.4 Å². The number of hydrogen-bond acceptors (Lipinski definition) is 3. The average Bonchev–Trinajstić information content (AvgIpc) is 3.01. The van der Waals surface area contributed by atoms with E-state index >= 15 is 0 Å². The number of ether oxygens (including phenoxy) is 1. The third-order valence-electron chi connectivity index (χ3n) is 3.82. The second kappa shape index (κ2) is 5.41. The first-order chi connectivity index (χ1) is 10.1. The highest BCUT2D eigenvalue weighted by atomic mass is 35.5. The predicted octanol–water partition coefficient (Wildman–Crippen LogP) is 2.87. The number of rotatable bonds is 4. The van der Waals surface area contributed by atoms with Crippen LogP contribution >= 0.6 is 11.6 Å². The maximum Gasteiger partial charge on any atom is 0.125 e. The molecule has 0 fully saturated rings. The summed E-state index contributed by atoms with van der Waals surface area (Å²) in [6, 6.07) is 5.88. The minimum Gasteiger partial charge on any atom is -0.497 e. The Kier molecular flexibility index (Phi) is 3.59. The Hall–Kier alpha value is -2.01. The summed E-state index contributed by atoms with van der Waals surface area (Å²) in [5, 5.41) is 4.29. The molecule has 21 heavy (non-hydrogen) atoms. The van der Waals surface area contributed by atoms with E-state index in [1.807, 2.05) is 36.1 Å².